The van der Waals surface area contributed by atoms with E-state index in [0.717, 1.165) is 6.54 Å². The molecule has 2 N–H and O–H groups in total. The quantitative estimate of drug-likeness (QED) is 0.376. The molecule has 104 valence electrons. The molecule has 1 nitrogen and oxygen atoms in total. The third-order valence-corrected chi connectivity index (χ3v) is 2.90. The van der Waals surface area contributed by atoms with Crippen LogP contribution in [0.15, 0.2) is 36.5 Å². The lowest BCUT2D eigenvalue weighted by Gasteiger charge is -1.97. The highest BCUT2D eigenvalue weighted by atomic mass is 14.5. The number of unbranched alkanes of at least 4 members (excludes halogenated alkanes) is 7. The van der Waals surface area contributed by atoms with Crippen molar-refractivity contribution in [2.24, 2.45) is 5.73 Å². The number of nitrogens with two attached hydrogens (primary N) is 1. The van der Waals surface area contributed by atoms with Gasteiger partial charge >= 0.3 is 0 Å². The molecule has 0 aliphatic carbocycles. The predicted molar refractivity (Wildman–Crippen MR) is 83.7 cm³/mol. The van der Waals surface area contributed by atoms with Crippen molar-refractivity contribution in [1.82, 2.24) is 0 Å². The average Bonchev–Trinajstić information content (AvgIpc) is 2.39. The van der Waals surface area contributed by atoms with Gasteiger partial charge in [-0.2, -0.15) is 0 Å². The maximum absolute atomic E-state index is 5.45. The summed E-state index contributed by atoms with van der Waals surface area (Å²) in [5, 5.41) is 0. The Morgan fingerprint density at radius 1 is 0.667 bits per heavy atom. The van der Waals surface area contributed by atoms with Crippen LogP contribution in [0.1, 0.15) is 64.7 Å². The molecule has 0 saturated heterocycles. The maximum atomic E-state index is 5.45. The van der Waals surface area contributed by atoms with Gasteiger partial charge in [0.05, 0.1) is 0 Å². The van der Waals surface area contributed by atoms with Crippen LogP contribution in [-0.2, 0) is 0 Å². The highest BCUT2D eigenvalue weighted by Crippen LogP contribution is 2.05. The summed E-state index contributed by atoms with van der Waals surface area (Å²) in [6, 6.07) is 0. The van der Waals surface area contributed by atoms with E-state index in [1.807, 2.05) is 0 Å². The van der Waals surface area contributed by atoms with Crippen molar-refractivity contribution in [1.29, 1.82) is 0 Å². The van der Waals surface area contributed by atoms with Crippen molar-refractivity contribution in [3.05, 3.63) is 36.5 Å². The molecule has 0 heterocycles. The molecular weight excluding hydrogens is 218 g/mol. The van der Waals surface area contributed by atoms with E-state index in [-0.39, 0.29) is 0 Å². The van der Waals surface area contributed by atoms with Gasteiger partial charge in [0, 0.05) is 0 Å². The topological polar surface area (TPSA) is 26.0 Å². The summed E-state index contributed by atoms with van der Waals surface area (Å²) >= 11 is 0. The Labute approximate surface area is 114 Å². The zero-order valence-corrected chi connectivity index (χ0v) is 12.1. The second kappa shape index (κ2) is 16.2. The van der Waals surface area contributed by atoms with E-state index < -0.39 is 0 Å². The minimum Gasteiger partial charge on any atom is -0.330 e. The number of rotatable bonds is 12. The Hall–Kier alpha value is -0.820. The molecule has 0 atom stereocenters. The van der Waals surface area contributed by atoms with Crippen LogP contribution in [0.5, 0.6) is 0 Å². The van der Waals surface area contributed by atoms with E-state index in [4.69, 9.17) is 5.73 Å². The highest BCUT2D eigenvalue weighted by molar-refractivity contribution is 5.10. The fraction of sp³-hybridized carbons (Fsp3) is 0.647. The molecule has 0 aromatic rings. The molecule has 0 aromatic carbocycles. The Morgan fingerprint density at radius 2 is 1.22 bits per heavy atom. The summed E-state index contributed by atoms with van der Waals surface area (Å²) in [6.45, 7) is 3.07. The van der Waals surface area contributed by atoms with Crippen molar-refractivity contribution in [3.8, 4) is 0 Å². The largest absolute Gasteiger partial charge is 0.330 e. The molecule has 0 spiro atoms. The monoisotopic (exact) mass is 249 g/mol. The Morgan fingerprint density at radius 3 is 1.83 bits per heavy atom. The second-order valence-corrected chi connectivity index (χ2v) is 4.73. The van der Waals surface area contributed by atoms with E-state index in [1.54, 1.807) is 0 Å². The first kappa shape index (κ1) is 17.2. The normalized spacial score (nSPS) is 12.3. The van der Waals surface area contributed by atoms with Gasteiger partial charge in [0.2, 0.25) is 0 Å². The first-order valence-electron chi connectivity index (χ1n) is 7.60. The fourth-order valence-corrected chi connectivity index (χ4v) is 1.74. The molecular formula is C17H31N. The average molecular weight is 249 g/mol. The van der Waals surface area contributed by atoms with Crippen LogP contribution in [0.4, 0.5) is 0 Å². The van der Waals surface area contributed by atoms with Gasteiger partial charge in [-0.3, -0.25) is 0 Å². The molecule has 0 amide bonds. The fourth-order valence-electron chi connectivity index (χ4n) is 1.74. The molecule has 0 aliphatic rings. The molecule has 0 unspecified atom stereocenters. The third-order valence-electron chi connectivity index (χ3n) is 2.90. The summed E-state index contributed by atoms with van der Waals surface area (Å²) in [7, 11) is 0. The maximum Gasteiger partial charge on any atom is -0.00773 e. The third kappa shape index (κ3) is 15.2. The van der Waals surface area contributed by atoms with E-state index in [0.29, 0.717) is 0 Å². The van der Waals surface area contributed by atoms with Crippen LogP contribution < -0.4 is 5.73 Å². The van der Waals surface area contributed by atoms with E-state index in [9.17, 15) is 0 Å². The first-order chi connectivity index (χ1) is 8.91. The van der Waals surface area contributed by atoms with Crippen LogP contribution >= 0.6 is 0 Å². The lowest BCUT2D eigenvalue weighted by molar-refractivity contribution is 0.622. The molecule has 0 bridgehead atoms. The SMILES string of the molecule is CCCC\C=C/C=C/C=C\CCCCCCCN. The van der Waals surface area contributed by atoms with Crippen molar-refractivity contribution in [3.63, 3.8) is 0 Å². The van der Waals surface area contributed by atoms with Crippen molar-refractivity contribution < 1.29 is 0 Å². The van der Waals surface area contributed by atoms with Crippen LogP contribution in [0.25, 0.3) is 0 Å². The predicted octanol–water partition coefficient (Wildman–Crippen LogP) is 5.14. The van der Waals surface area contributed by atoms with Crippen LogP contribution in [0.2, 0.25) is 0 Å². The van der Waals surface area contributed by atoms with Crippen molar-refractivity contribution in [2.45, 2.75) is 64.7 Å². The minimum atomic E-state index is 0.844. The molecule has 0 fully saturated rings. The van der Waals surface area contributed by atoms with Gasteiger partial charge < -0.3 is 5.73 Å². The summed E-state index contributed by atoms with van der Waals surface area (Å²) in [4.78, 5) is 0. The zero-order chi connectivity index (χ0) is 13.3. The Balaban J connectivity index is 3.26. The van der Waals surface area contributed by atoms with E-state index in [2.05, 4.69) is 43.4 Å². The summed E-state index contributed by atoms with van der Waals surface area (Å²) < 4.78 is 0. The molecule has 0 radical (unpaired) electrons. The van der Waals surface area contributed by atoms with Gasteiger partial charge in [-0.1, -0.05) is 75.5 Å². The van der Waals surface area contributed by atoms with Gasteiger partial charge in [0.25, 0.3) is 0 Å². The molecule has 0 rings (SSSR count). The van der Waals surface area contributed by atoms with Crippen LogP contribution in [-0.4, -0.2) is 6.54 Å². The van der Waals surface area contributed by atoms with E-state index >= 15 is 0 Å². The van der Waals surface area contributed by atoms with Gasteiger partial charge in [0.1, 0.15) is 0 Å². The van der Waals surface area contributed by atoms with Crippen molar-refractivity contribution >= 4 is 0 Å². The molecule has 0 aromatic heterocycles. The summed E-state index contributed by atoms with van der Waals surface area (Å²) in [6.07, 6.45) is 24.5. The first-order valence-corrected chi connectivity index (χ1v) is 7.60. The lowest BCUT2D eigenvalue weighted by Crippen LogP contribution is -1.97. The standard InChI is InChI=1S/C17H31N/c1-2-3-4-5-6-7-8-9-10-11-12-13-14-15-16-17-18/h5-10H,2-4,11-18H2,1H3/b6-5-,8-7+,10-9-. The number of hydrogen-bond donors (Lipinski definition) is 1. The summed E-state index contributed by atoms with van der Waals surface area (Å²) in [5.74, 6) is 0. The molecule has 0 saturated carbocycles. The minimum absolute atomic E-state index is 0.844. The van der Waals surface area contributed by atoms with Gasteiger partial charge in [-0.25, -0.2) is 0 Å². The molecule has 0 aliphatic heterocycles. The summed E-state index contributed by atoms with van der Waals surface area (Å²) in [5.41, 5.74) is 5.45. The van der Waals surface area contributed by atoms with E-state index in [1.165, 1.54) is 57.8 Å². The molecule has 18 heavy (non-hydrogen) atoms. The van der Waals surface area contributed by atoms with Gasteiger partial charge in [-0.15, -0.1) is 0 Å². The number of hydrogen-bond acceptors (Lipinski definition) is 1. The molecule has 1 heteroatoms. The van der Waals surface area contributed by atoms with Crippen LogP contribution in [0.3, 0.4) is 0 Å². The lowest BCUT2D eigenvalue weighted by atomic mass is 10.1. The van der Waals surface area contributed by atoms with Gasteiger partial charge in [-0.05, 0) is 32.2 Å². The highest BCUT2D eigenvalue weighted by Gasteiger charge is 1.87. The zero-order valence-electron chi connectivity index (χ0n) is 12.1. The second-order valence-electron chi connectivity index (χ2n) is 4.73. The number of allylic oxidation sites excluding steroid dienone is 6. The Kier molecular flexibility index (Phi) is 15.4. The smallest absolute Gasteiger partial charge is 0.00773 e. The Bertz CT molecular complexity index is 226. The van der Waals surface area contributed by atoms with Gasteiger partial charge in [0.15, 0.2) is 0 Å². The van der Waals surface area contributed by atoms with Crippen molar-refractivity contribution in [2.75, 3.05) is 6.54 Å². The van der Waals surface area contributed by atoms with Crippen LogP contribution in [0, 0.1) is 0 Å².